The van der Waals surface area contributed by atoms with Crippen molar-refractivity contribution in [3.8, 4) is 0 Å². The quantitative estimate of drug-likeness (QED) is 0.679. The normalized spacial score (nSPS) is 13.1. The summed E-state index contributed by atoms with van der Waals surface area (Å²) in [6.07, 6.45) is 2.99. The topological polar surface area (TPSA) is 72.7 Å². The lowest BCUT2D eigenvalue weighted by Crippen LogP contribution is -2.36. The van der Waals surface area contributed by atoms with Crippen molar-refractivity contribution in [2.45, 2.75) is 31.7 Å². The van der Waals surface area contributed by atoms with Crippen LogP contribution in [0, 0.1) is 0 Å². The van der Waals surface area contributed by atoms with E-state index in [-0.39, 0.29) is 11.8 Å². The molecule has 26 heavy (non-hydrogen) atoms. The van der Waals surface area contributed by atoms with Gasteiger partial charge in [-0.2, -0.15) is 0 Å². The van der Waals surface area contributed by atoms with Crippen molar-refractivity contribution in [1.82, 2.24) is 25.5 Å². The van der Waals surface area contributed by atoms with Crippen molar-refractivity contribution in [2.24, 2.45) is 0 Å². The summed E-state index contributed by atoms with van der Waals surface area (Å²) in [5.41, 5.74) is 2.30. The van der Waals surface area contributed by atoms with E-state index in [9.17, 15) is 4.79 Å². The molecule has 0 saturated carbocycles. The number of nitrogens with one attached hydrogen (secondary N) is 1. The summed E-state index contributed by atoms with van der Waals surface area (Å²) in [7, 11) is 0. The summed E-state index contributed by atoms with van der Waals surface area (Å²) in [5, 5.41) is 14.4. The van der Waals surface area contributed by atoms with Crippen LogP contribution in [-0.2, 0) is 11.2 Å². The second-order valence-corrected chi connectivity index (χ2v) is 6.26. The number of amides is 1. The van der Waals surface area contributed by atoms with Crippen LogP contribution in [0.3, 0.4) is 0 Å². The molecule has 0 bridgehead atoms. The van der Waals surface area contributed by atoms with E-state index in [2.05, 4.69) is 39.9 Å². The Balaban J connectivity index is 1.69. The Labute approximate surface area is 153 Å². The van der Waals surface area contributed by atoms with Crippen LogP contribution in [0.5, 0.6) is 0 Å². The first-order valence-electron chi connectivity index (χ1n) is 8.87. The molecule has 0 unspecified atom stereocenters. The molecule has 0 aliphatic rings. The van der Waals surface area contributed by atoms with Crippen molar-refractivity contribution < 1.29 is 4.79 Å². The largest absolute Gasteiger partial charge is 0.354 e. The van der Waals surface area contributed by atoms with Gasteiger partial charge in [0.2, 0.25) is 5.91 Å². The van der Waals surface area contributed by atoms with Gasteiger partial charge in [-0.1, -0.05) is 67.6 Å². The fourth-order valence-corrected chi connectivity index (χ4v) is 3.02. The zero-order valence-electron chi connectivity index (χ0n) is 14.8. The number of nitrogens with zero attached hydrogens (tertiary/aromatic N) is 4. The highest BCUT2D eigenvalue weighted by atomic mass is 16.2. The monoisotopic (exact) mass is 349 g/mol. The molecule has 0 fully saturated rings. The number of rotatable bonds is 8. The highest BCUT2D eigenvalue weighted by Gasteiger charge is 2.23. The van der Waals surface area contributed by atoms with E-state index < -0.39 is 6.04 Å². The number of hydrogen-bond donors (Lipinski definition) is 1. The molecule has 0 aliphatic heterocycles. The van der Waals surface area contributed by atoms with Gasteiger partial charge in [0.1, 0.15) is 12.4 Å². The lowest BCUT2D eigenvalue weighted by molar-refractivity contribution is -0.124. The van der Waals surface area contributed by atoms with E-state index in [1.165, 1.54) is 16.6 Å². The van der Waals surface area contributed by atoms with E-state index in [0.29, 0.717) is 13.0 Å². The molecule has 1 N–H and O–H groups in total. The summed E-state index contributed by atoms with van der Waals surface area (Å²) in [4.78, 5) is 12.9. The Morgan fingerprint density at radius 2 is 1.77 bits per heavy atom. The van der Waals surface area contributed by atoms with Crippen molar-refractivity contribution in [1.29, 1.82) is 0 Å². The predicted molar refractivity (Wildman–Crippen MR) is 99.5 cm³/mol. The predicted octanol–water partition coefficient (Wildman–Crippen LogP) is 2.77. The molecule has 6 nitrogen and oxygen atoms in total. The highest BCUT2D eigenvalue weighted by molar-refractivity contribution is 5.80. The molecule has 2 atom stereocenters. The molecule has 2 aromatic carbocycles. The van der Waals surface area contributed by atoms with Gasteiger partial charge in [0.15, 0.2) is 0 Å². The number of benzene rings is 2. The van der Waals surface area contributed by atoms with Crippen LogP contribution in [0.1, 0.15) is 36.4 Å². The minimum absolute atomic E-state index is 0.0736. The summed E-state index contributed by atoms with van der Waals surface area (Å²) in [6, 6.07) is 19.7. The first kappa shape index (κ1) is 17.8. The zero-order valence-corrected chi connectivity index (χ0v) is 14.8. The van der Waals surface area contributed by atoms with Crippen molar-refractivity contribution >= 4 is 5.91 Å². The van der Waals surface area contributed by atoms with Gasteiger partial charge < -0.3 is 5.32 Å². The summed E-state index contributed by atoms with van der Waals surface area (Å²) < 4.78 is 1.52. The van der Waals surface area contributed by atoms with Gasteiger partial charge in [-0.15, -0.1) is 5.10 Å². The lowest BCUT2D eigenvalue weighted by Gasteiger charge is -2.20. The van der Waals surface area contributed by atoms with Gasteiger partial charge >= 0.3 is 0 Å². The van der Waals surface area contributed by atoms with Gasteiger partial charge in [0.05, 0.1) is 0 Å². The molecular formula is C20H23N5O. The van der Waals surface area contributed by atoms with Gasteiger partial charge in [-0.25, -0.2) is 4.68 Å². The molecule has 1 amide bonds. The standard InChI is InChI=1S/C20H23N5O/c1-2-17(18-11-7-4-8-12-18)14-21-20(26)19(25-15-22-23-24-25)13-16-9-5-3-6-10-16/h3-12,15,17,19H,2,13-14H2,1H3,(H,21,26)/t17-,19+/m1/s1. The third-order valence-corrected chi connectivity index (χ3v) is 4.55. The van der Waals surface area contributed by atoms with Crippen LogP contribution in [0.25, 0.3) is 0 Å². The van der Waals surface area contributed by atoms with Crippen molar-refractivity contribution in [3.63, 3.8) is 0 Å². The molecule has 0 radical (unpaired) electrons. The molecular weight excluding hydrogens is 326 g/mol. The van der Waals surface area contributed by atoms with Gasteiger partial charge in [-0.05, 0) is 28.0 Å². The van der Waals surface area contributed by atoms with E-state index in [0.717, 1.165) is 12.0 Å². The van der Waals surface area contributed by atoms with Crippen molar-refractivity contribution in [3.05, 3.63) is 78.1 Å². The molecule has 1 aromatic heterocycles. The molecule has 3 aromatic rings. The number of carbonyl (C=O) groups excluding carboxylic acids is 1. The third kappa shape index (κ3) is 4.53. The maximum atomic E-state index is 12.9. The molecule has 6 heteroatoms. The van der Waals surface area contributed by atoms with Crippen LogP contribution >= 0.6 is 0 Å². The Morgan fingerprint density at radius 1 is 1.08 bits per heavy atom. The Hall–Kier alpha value is -3.02. The lowest BCUT2D eigenvalue weighted by atomic mass is 9.96. The molecule has 3 rings (SSSR count). The first-order valence-corrected chi connectivity index (χ1v) is 8.87. The molecule has 134 valence electrons. The second-order valence-electron chi connectivity index (χ2n) is 6.26. The SMILES string of the molecule is CC[C@H](CNC(=O)[C@H](Cc1ccccc1)n1cnnn1)c1ccccc1. The maximum absolute atomic E-state index is 12.9. The first-order chi connectivity index (χ1) is 12.8. The highest BCUT2D eigenvalue weighted by Crippen LogP contribution is 2.19. The van der Waals surface area contributed by atoms with Crippen LogP contribution in [0.4, 0.5) is 0 Å². The molecule has 1 heterocycles. The maximum Gasteiger partial charge on any atom is 0.245 e. The molecule has 0 aliphatic carbocycles. The summed E-state index contributed by atoms with van der Waals surface area (Å²) >= 11 is 0. The Morgan fingerprint density at radius 3 is 2.38 bits per heavy atom. The van der Waals surface area contributed by atoms with E-state index in [1.54, 1.807) is 0 Å². The van der Waals surface area contributed by atoms with Crippen LogP contribution < -0.4 is 5.32 Å². The number of tetrazole rings is 1. The fourth-order valence-electron chi connectivity index (χ4n) is 3.02. The molecule has 0 spiro atoms. The smallest absolute Gasteiger partial charge is 0.245 e. The van der Waals surface area contributed by atoms with Gasteiger partial charge in [0.25, 0.3) is 0 Å². The van der Waals surface area contributed by atoms with Gasteiger partial charge in [0, 0.05) is 18.9 Å². The van der Waals surface area contributed by atoms with Gasteiger partial charge in [-0.3, -0.25) is 4.79 Å². The zero-order chi connectivity index (χ0) is 18.2. The minimum atomic E-state index is -0.472. The second kappa shape index (κ2) is 8.89. The number of aromatic nitrogens is 4. The number of hydrogen-bond acceptors (Lipinski definition) is 4. The van der Waals surface area contributed by atoms with E-state index in [1.807, 2.05) is 48.5 Å². The third-order valence-electron chi connectivity index (χ3n) is 4.55. The summed E-state index contributed by atoms with van der Waals surface area (Å²) in [5.74, 6) is 0.210. The van der Waals surface area contributed by atoms with Crippen molar-refractivity contribution in [2.75, 3.05) is 6.54 Å². The summed E-state index contributed by atoms with van der Waals surface area (Å²) in [6.45, 7) is 2.72. The number of carbonyl (C=O) groups is 1. The van der Waals surface area contributed by atoms with E-state index in [4.69, 9.17) is 0 Å². The minimum Gasteiger partial charge on any atom is -0.354 e. The average molecular weight is 349 g/mol. The molecule has 0 saturated heterocycles. The Kier molecular flexibility index (Phi) is 6.09. The Bertz CT molecular complexity index is 790. The average Bonchev–Trinajstić information content (AvgIpc) is 3.22. The van der Waals surface area contributed by atoms with Crippen LogP contribution in [0.2, 0.25) is 0 Å². The van der Waals surface area contributed by atoms with Crippen LogP contribution in [-0.4, -0.2) is 32.7 Å². The fraction of sp³-hybridized carbons (Fsp3) is 0.300. The van der Waals surface area contributed by atoms with E-state index >= 15 is 0 Å². The van der Waals surface area contributed by atoms with Crippen LogP contribution in [0.15, 0.2) is 67.0 Å².